The molecule has 1 N–H and O–H groups in total. The highest BCUT2D eigenvalue weighted by atomic mass is 16.1. The quantitative estimate of drug-likeness (QED) is 0.699. The lowest BCUT2D eigenvalue weighted by Crippen LogP contribution is -2.40. The van der Waals surface area contributed by atoms with Crippen molar-refractivity contribution in [2.45, 2.75) is 45.2 Å². The van der Waals surface area contributed by atoms with Gasteiger partial charge in [-0.3, -0.25) is 4.79 Å². The summed E-state index contributed by atoms with van der Waals surface area (Å²) in [6, 6.07) is 0.175. The van der Waals surface area contributed by atoms with E-state index in [-0.39, 0.29) is 13.3 Å². The second kappa shape index (κ2) is 6.44. The van der Waals surface area contributed by atoms with Gasteiger partial charge in [0.15, 0.2) is 5.78 Å². The largest absolute Gasteiger partial charge is 0.305 e. The van der Waals surface area contributed by atoms with E-state index >= 15 is 0 Å². The number of nitrogens with one attached hydrogen (secondary N) is 1. The number of carbonyl (C=O) groups excluding carboxylic acids is 1. The maximum Gasteiger partial charge on any atom is 0.172 e. The first-order chi connectivity index (χ1) is 7.63. The van der Waals surface area contributed by atoms with Crippen LogP contribution in [0.4, 0.5) is 0 Å². The lowest BCUT2D eigenvalue weighted by atomic mass is 9.97. The second-order valence-electron chi connectivity index (χ2n) is 4.44. The summed E-state index contributed by atoms with van der Waals surface area (Å²) in [6.45, 7) is 7.65. The van der Waals surface area contributed by atoms with Gasteiger partial charge in [0.1, 0.15) is 0 Å². The van der Waals surface area contributed by atoms with Gasteiger partial charge in [-0.05, 0) is 25.3 Å². The minimum absolute atomic E-state index is 0. The van der Waals surface area contributed by atoms with Crippen molar-refractivity contribution in [2.24, 2.45) is 0 Å². The Bertz CT molecular complexity index is 318. The van der Waals surface area contributed by atoms with E-state index < -0.39 is 0 Å². The Kier molecular flexibility index (Phi) is 5.20. The minimum atomic E-state index is -0.133. The lowest BCUT2D eigenvalue weighted by Gasteiger charge is -2.20. The van der Waals surface area contributed by atoms with Crippen molar-refractivity contribution in [3.8, 4) is 0 Å². The van der Waals surface area contributed by atoms with Gasteiger partial charge in [-0.1, -0.05) is 44.2 Å². The van der Waals surface area contributed by atoms with Crippen LogP contribution in [0, 0.1) is 0 Å². The Hall–Kier alpha value is -1.15. The van der Waals surface area contributed by atoms with Gasteiger partial charge >= 0.3 is 0 Å². The zero-order chi connectivity index (χ0) is 12.0. The molecule has 2 nitrogen and oxygen atoms in total. The van der Waals surface area contributed by atoms with Gasteiger partial charge in [0.25, 0.3) is 0 Å². The van der Waals surface area contributed by atoms with Crippen molar-refractivity contribution in [1.29, 1.82) is 0 Å². The molecule has 0 radical (unpaired) electrons. The average Bonchev–Trinajstić information content (AvgIpc) is 2.28. The summed E-state index contributed by atoms with van der Waals surface area (Å²) < 4.78 is 0. The highest BCUT2D eigenvalue weighted by Crippen LogP contribution is 2.15. The molecule has 0 spiro atoms. The fraction of sp³-hybridized carbons (Fsp3) is 0.500. The number of hydrogen-bond acceptors (Lipinski definition) is 2. The van der Waals surface area contributed by atoms with Crippen LogP contribution in [-0.4, -0.2) is 17.9 Å². The SMILES string of the molecule is C=CC(=O)[C@@H](CC1=CCCC=C1)NC(C)C.[HH]. The fourth-order valence-corrected chi connectivity index (χ4v) is 1.84. The summed E-state index contributed by atoms with van der Waals surface area (Å²) >= 11 is 0. The molecule has 90 valence electrons. The molecule has 1 aliphatic carbocycles. The predicted molar refractivity (Wildman–Crippen MR) is 70.5 cm³/mol. The maximum absolute atomic E-state index is 11.7. The molecule has 0 aromatic rings. The van der Waals surface area contributed by atoms with Gasteiger partial charge in [-0.25, -0.2) is 0 Å². The lowest BCUT2D eigenvalue weighted by molar-refractivity contribution is -0.116. The van der Waals surface area contributed by atoms with Gasteiger partial charge < -0.3 is 5.32 Å². The highest BCUT2D eigenvalue weighted by molar-refractivity contribution is 5.94. The first-order valence-electron chi connectivity index (χ1n) is 5.91. The normalized spacial score (nSPS) is 17.1. The molecule has 1 atom stereocenters. The van der Waals surface area contributed by atoms with Crippen LogP contribution in [0.25, 0.3) is 0 Å². The van der Waals surface area contributed by atoms with E-state index in [1.165, 1.54) is 11.6 Å². The third-order valence-corrected chi connectivity index (χ3v) is 2.59. The van der Waals surface area contributed by atoms with Crippen molar-refractivity contribution in [3.63, 3.8) is 0 Å². The smallest absolute Gasteiger partial charge is 0.172 e. The van der Waals surface area contributed by atoms with E-state index in [1.807, 2.05) is 0 Å². The molecule has 0 heterocycles. The second-order valence-corrected chi connectivity index (χ2v) is 4.44. The average molecular weight is 221 g/mol. The van der Waals surface area contributed by atoms with E-state index in [0.717, 1.165) is 19.3 Å². The number of allylic oxidation sites excluding steroid dienone is 3. The van der Waals surface area contributed by atoms with Crippen molar-refractivity contribution < 1.29 is 6.22 Å². The maximum atomic E-state index is 11.7. The molecular formula is C14H23NO. The summed E-state index contributed by atoms with van der Waals surface area (Å²) in [7, 11) is 0. The summed E-state index contributed by atoms with van der Waals surface area (Å²) in [5.41, 5.74) is 1.25. The molecule has 1 aliphatic rings. The van der Waals surface area contributed by atoms with E-state index in [9.17, 15) is 4.79 Å². The molecular weight excluding hydrogens is 198 g/mol. The Morgan fingerprint density at radius 3 is 2.88 bits per heavy atom. The van der Waals surface area contributed by atoms with Crippen molar-refractivity contribution in [1.82, 2.24) is 5.32 Å². The summed E-state index contributed by atoms with van der Waals surface area (Å²) in [6.07, 6.45) is 10.9. The Morgan fingerprint density at radius 2 is 2.38 bits per heavy atom. The van der Waals surface area contributed by atoms with Gasteiger partial charge in [-0.15, -0.1) is 0 Å². The first kappa shape index (κ1) is 12.9. The molecule has 1 rings (SSSR count). The number of hydrogen-bond donors (Lipinski definition) is 1. The Balaban J connectivity index is 0.00000256. The van der Waals surface area contributed by atoms with Crippen LogP contribution < -0.4 is 5.32 Å². The molecule has 0 bridgehead atoms. The standard InChI is InChI=1S/C14H21NO.H2/c1-4-14(16)13(15-11(2)3)10-12-8-6-5-7-9-12;/h4,6,8-9,11,13,15H,1,5,7,10H2,2-3H3;1H/t13-;/m1./s1. The van der Waals surface area contributed by atoms with Crippen LogP contribution in [0.2, 0.25) is 0 Å². The molecule has 0 fully saturated rings. The van der Waals surface area contributed by atoms with Gasteiger partial charge in [0, 0.05) is 7.47 Å². The molecule has 16 heavy (non-hydrogen) atoms. The first-order valence-corrected chi connectivity index (χ1v) is 5.91. The van der Waals surface area contributed by atoms with Gasteiger partial charge in [-0.2, -0.15) is 0 Å². The van der Waals surface area contributed by atoms with Crippen LogP contribution in [0.15, 0.2) is 36.5 Å². The molecule has 0 unspecified atom stereocenters. The number of carbonyl (C=O) groups is 1. The Morgan fingerprint density at radius 1 is 1.62 bits per heavy atom. The highest BCUT2D eigenvalue weighted by Gasteiger charge is 2.17. The predicted octanol–water partition coefficient (Wildman–Crippen LogP) is 3.02. The van der Waals surface area contributed by atoms with Gasteiger partial charge in [0.2, 0.25) is 0 Å². The third kappa shape index (κ3) is 4.15. The van der Waals surface area contributed by atoms with Crippen LogP contribution in [0.3, 0.4) is 0 Å². The van der Waals surface area contributed by atoms with Crippen molar-refractivity contribution in [2.75, 3.05) is 0 Å². The van der Waals surface area contributed by atoms with Crippen molar-refractivity contribution in [3.05, 3.63) is 36.5 Å². The number of ketones is 1. The van der Waals surface area contributed by atoms with Crippen LogP contribution in [0.1, 0.15) is 34.5 Å². The van der Waals surface area contributed by atoms with E-state index in [4.69, 9.17) is 0 Å². The third-order valence-electron chi connectivity index (χ3n) is 2.59. The van der Waals surface area contributed by atoms with Crippen LogP contribution in [0.5, 0.6) is 0 Å². The summed E-state index contributed by atoms with van der Waals surface area (Å²) in [5.74, 6) is 0.0774. The molecule has 0 aromatic carbocycles. The molecule has 2 heteroatoms. The van der Waals surface area contributed by atoms with Crippen molar-refractivity contribution >= 4 is 5.78 Å². The van der Waals surface area contributed by atoms with E-state index in [0.29, 0.717) is 6.04 Å². The fourth-order valence-electron chi connectivity index (χ4n) is 1.84. The zero-order valence-electron chi connectivity index (χ0n) is 10.2. The van der Waals surface area contributed by atoms with Crippen LogP contribution >= 0.6 is 0 Å². The molecule has 0 aliphatic heterocycles. The van der Waals surface area contributed by atoms with E-state index in [2.05, 4.69) is 44.0 Å². The minimum Gasteiger partial charge on any atom is -0.305 e. The molecule has 0 amide bonds. The van der Waals surface area contributed by atoms with E-state index in [1.54, 1.807) is 0 Å². The molecule has 0 saturated carbocycles. The number of rotatable bonds is 6. The van der Waals surface area contributed by atoms with Gasteiger partial charge in [0.05, 0.1) is 6.04 Å². The van der Waals surface area contributed by atoms with Crippen LogP contribution in [-0.2, 0) is 4.79 Å². The Labute approximate surface area is 99.6 Å². The summed E-state index contributed by atoms with van der Waals surface area (Å²) in [4.78, 5) is 11.7. The monoisotopic (exact) mass is 221 g/mol. The summed E-state index contributed by atoms with van der Waals surface area (Å²) in [5, 5.41) is 3.28. The topological polar surface area (TPSA) is 29.1 Å². The zero-order valence-corrected chi connectivity index (χ0v) is 10.2. The molecule has 0 aromatic heterocycles. The molecule has 0 saturated heterocycles.